The molecule has 23 heavy (non-hydrogen) atoms. The number of aromatic nitrogens is 1. The fourth-order valence-corrected chi connectivity index (χ4v) is 4.41. The monoisotopic (exact) mass is 364 g/mol. The molecule has 1 aliphatic rings. The van der Waals surface area contributed by atoms with Crippen molar-refractivity contribution in [3.63, 3.8) is 0 Å². The maximum Gasteiger partial charge on any atom is 0.303 e. The molecule has 118 valence electrons. The van der Waals surface area contributed by atoms with E-state index in [1.165, 1.54) is 28.0 Å². The lowest BCUT2D eigenvalue weighted by atomic mass is 10.3. The lowest BCUT2D eigenvalue weighted by Gasteiger charge is -2.12. The number of benzene rings is 1. The topological polar surface area (TPSA) is 70.5 Å². The Labute approximate surface area is 146 Å². The number of carboxylic acids is 1. The molecule has 8 heteroatoms. The maximum absolute atomic E-state index is 12.4. The highest BCUT2D eigenvalue weighted by Crippen LogP contribution is 2.34. The van der Waals surface area contributed by atoms with E-state index in [1.807, 2.05) is 24.3 Å². The van der Waals surface area contributed by atoms with Gasteiger partial charge in [-0.3, -0.25) is 14.5 Å². The van der Waals surface area contributed by atoms with Gasteiger partial charge >= 0.3 is 5.97 Å². The van der Waals surface area contributed by atoms with E-state index in [0.717, 1.165) is 15.2 Å². The number of rotatable bonds is 5. The molecule has 0 bridgehead atoms. The Morgan fingerprint density at radius 1 is 1.39 bits per heavy atom. The summed E-state index contributed by atoms with van der Waals surface area (Å²) in [5.74, 6) is -1.05. The summed E-state index contributed by atoms with van der Waals surface area (Å²) in [7, 11) is 0. The van der Waals surface area contributed by atoms with Crippen LogP contribution in [0.25, 0.3) is 16.3 Å². The third-order valence-electron chi connectivity index (χ3n) is 3.21. The Bertz CT molecular complexity index is 795. The van der Waals surface area contributed by atoms with Crippen LogP contribution in [0.3, 0.4) is 0 Å². The van der Waals surface area contributed by atoms with Crippen LogP contribution in [0.1, 0.15) is 17.8 Å². The molecule has 0 saturated carbocycles. The highest BCUT2D eigenvalue weighted by molar-refractivity contribution is 8.26. The zero-order valence-electron chi connectivity index (χ0n) is 11.9. The standard InChI is InChI=1S/C15H12N2O3S3/c18-13(19)6-3-7-17-14(20)11(23-15(17)21)8-12-16-9-4-1-2-5-10(9)22-12/h1-2,4-5,8H,3,6-7H2,(H,18,19)/b11-8+. The molecule has 0 unspecified atom stereocenters. The molecule has 0 atom stereocenters. The number of hydrogen-bond acceptors (Lipinski definition) is 6. The number of aliphatic carboxylic acids is 1. The Hall–Kier alpha value is -1.77. The smallest absolute Gasteiger partial charge is 0.303 e. The van der Waals surface area contributed by atoms with Crippen LogP contribution in [-0.4, -0.2) is 37.7 Å². The van der Waals surface area contributed by atoms with Gasteiger partial charge in [-0.1, -0.05) is 36.1 Å². The first-order valence-corrected chi connectivity index (χ1v) is 8.91. The number of carboxylic acid groups (broad SMARTS) is 1. The van der Waals surface area contributed by atoms with E-state index in [4.69, 9.17) is 17.3 Å². The Balaban J connectivity index is 1.76. The molecular weight excluding hydrogens is 352 g/mol. The van der Waals surface area contributed by atoms with Crippen molar-refractivity contribution in [3.05, 3.63) is 34.2 Å². The molecule has 0 aliphatic carbocycles. The molecule has 0 radical (unpaired) electrons. The summed E-state index contributed by atoms with van der Waals surface area (Å²) in [6.07, 6.45) is 2.16. The number of para-hydroxylation sites is 1. The van der Waals surface area contributed by atoms with Crippen molar-refractivity contribution in [2.45, 2.75) is 12.8 Å². The first-order chi connectivity index (χ1) is 11.0. The van der Waals surface area contributed by atoms with Crippen molar-refractivity contribution in [1.82, 2.24) is 9.88 Å². The highest BCUT2D eigenvalue weighted by atomic mass is 32.2. The highest BCUT2D eigenvalue weighted by Gasteiger charge is 2.31. The third kappa shape index (κ3) is 3.60. The molecule has 0 spiro atoms. The van der Waals surface area contributed by atoms with Crippen molar-refractivity contribution < 1.29 is 14.7 Å². The van der Waals surface area contributed by atoms with Crippen LogP contribution in [0.5, 0.6) is 0 Å². The minimum absolute atomic E-state index is 0.0218. The zero-order valence-corrected chi connectivity index (χ0v) is 14.3. The van der Waals surface area contributed by atoms with E-state index in [0.29, 0.717) is 22.2 Å². The van der Waals surface area contributed by atoms with Crippen LogP contribution < -0.4 is 0 Å². The van der Waals surface area contributed by atoms with Gasteiger partial charge in [0.1, 0.15) is 9.33 Å². The van der Waals surface area contributed by atoms with Crippen LogP contribution in [0.15, 0.2) is 29.2 Å². The fraction of sp³-hybridized carbons (Fsp3) is 0.200. The molecule has 1 aromatic heterocycles. The lowest BCUT2D eigenvalue weighted by Crippen LogP contribution is -2.29. The molecule has 1 saturated heterocycles. The number of carbonyl (C=O) groups excluding carboxylic acids is 1. The van der Waals surface area contributed by atoms with Crippen molar-refractivity contribution in [2.24, 2.45) is 0 Å². The Morgan fingerprint density at radius 2 is 2.17 bits per heavy atom. The number of thioether (sulfide) groups is 1. The zero-order chi connectivity index (χ0) is 16.4. The van der Waals surface area contributed by atoms with Crippen molar-refractivity contribution in [2.75, 3.05) is 6.54 Å². The van der Waals surface area contributed by atoms with Gasteiger partial charge in [0.05, 0.1) is 15.1 Å². The summed E-state index contributed by atoms with van der Waals surface area (Å²) in [6.45, 7) is 0.328. The summed E-state index contributed by atoms with van der Waals surface area (Å²) < 4.78 is 1.53. The Morgan fingerprint density at radius 3 is 2.91 bits per heavy atom. The van der Waals surface area contributed by atoms with Crippen LogP contribution in [-0.2, 0) is 9.59 Å². The molecule has 5 nitrogen and oxygen atoms in total. The first kappa shape index (κ1) is 16.1. The molecular formula is C15H12N2O3S3. The second-order valence-electron chi connectivity index (χ2n) is 4.85. The van der Waals surface area contributed by atoms with Crippen molar-refractivity contribution in [3.8, 4) is 0 Å². The molecule has 2 aromatic rings. The van der Waals surface area contributed by atoms with E-state index in [9.17, 15) is 9.59 Å². The average molecular weight is 364 g/mol. The predicted molar refractivity (Wildman–Crippen MR) is 96.4 cm³/mol. The van der Waals surface area contributed by atoms with Gasteiger partial charge in [-0.25, -0.2) is 4.98 Å². The molecule has 1 amide bonds. The molecule has 3 rings (SSSR count). The minimum atomic E-state index is -0.875. The quantitative estimate of drug-likeness (QED) is 0.648. The van der Waals surface area contributed by atoms with E-state index < -0.39 is 5.97 Å². The largest absolute Gasteiger partial charge is 0.481 e. The van der Waals surface area contributed by atoms with Crippen LogP contribution in [0, 0.1) is 0 Å². The van der Waals surface area contributed by atoms with Gasteiger partial charge in [0.15, 0.2) is 0 Å². The fourth-order valence-electron chi connectivity index (χ4n) is 2.15. The first-order valence-electron chi connectivity index (χ1n) is 6.87. The lowest BCUT2D eigenvalue weighted by molar-refractivity contribution is -0.137. The van der Waals surface area contributed by atoms with Gasteiger partial charge in [-0.05, 0) is 24.6 Å². The van der Waals surface area contributed by atoms with Crippen LogP contribution >= 0.6 is 35.3 Å². The van der Waals surface area contributed by atoms with Gasteiger partial charge < -0.3 is 5.11 Å². The molecule has 1 N–H and O–H groups in total. The number of nitrogens with zero attached hydrogens (tertiary/aromatic N) is 2. The van der Waals surface area contributed by atoms with Gasteiger partial charge in [0, 0.05) is 13.0 Å². The second-order valence-corrected chi connectivity index (χ2v) is 7.59. The molecule has 1 aromatic carbocycles. The minimum Gasteiger partial charge on any atom is -0.481 e. The summed E-state index contributed by atoms with van der Waals surface area (Å²) in [5, 5.41) is 9.44. The number of amides is 1. The summed E-state index contributed by atoms with van der Waals surface area (Å²) in [4.78, 5) is 29.4. The number of thiocarbonyl (C=S) groups is 1. The van der Waals surface area contributed by atoms with Crippen LogP contribution in [0.2, 0.25) is 0 Å². The molecule has 2 heterocycles. The summed E-state index contributed by atoms with van der Waals surface area (Å²) >= 11 is 7.97. The van der Waals surface area contributed by atoms with Gasteiger partial charge in [-0.2, -0.15) is 0 Å². The summed E-state index contributed by atoms with van der Waals surface area (Å²) in [6, 6.07) is 7.79. The maximum atomic E-state index is 12.4. The second kappa shape index (κ2) is 6.77. The number of hydrogen-bond donors (Lipinski definition) is 1. The van der Waals surface area contributed by atoms with Gasteiger partial charge in [0.25, 0.3) is 5.91 Å². The summed E-state index contributed by atoms with van der Waals surface area (Å²) in [5.41, 5.74) is 0.903. The van der Waals surface area contributed by atoms with Crippen LogP contribution in [0.4, 0.5) is 0 Å². The van der Waals surface area contributed by atoms with Crippen molar-refractivity contribution >= 4 is 67.8 Å². The van der Waals surface area contributed by atoms with Gasteiger partial charge in [-0.15, -0.1) is 11.3 Å². The number of carbonyl (C=O) groups is 2. The molecule has 1 fully saturated rings. The number of thiazole rings is 1. The molecule has 1 aliphatic heterocycles. The van der Waals surface area contributed by atoms with Crippen molar-refractivity contribution in [1.29, 1.82) is 0 Å². The average Bonchev–Trinajstić information content (AvgIpc) is 3.02. The normalized spacial score (nSPS) is 16.7. The number of fused-ring (bicyclic) bond motifs is 1. The van der Waals surface area contributed by atoms with E-state index in [1.54, 1.807) is 6.08 Å². The van der Waals surface area contributed by atoms with E-state index >= 15 is 0 Å². The SMILES string of the molecule is O=C(O)CCCN1C(=O)/C(=C\c2nc3ccccc3s2)SC1=S. The van der Waals surface area contributed by atoms with E-state index in [-0.39, 0.29) is 12.3 Å². The Kier molecular flexibility index (Phi) is 4.74. The van der Waals surface area contributed by atoms with Gasteiger partial charge in [0.2, 0.25) is 0 Å². The third-order valence-corrected chi connectivity index (χ3v) is 5.57. The predicted octanol–water partition coefficient (Wildman–Crippen LogP) is 3.36. The van der Waals surface area contributed by atoms with E-state index in [2.05, 4.69) is 4.98 Å².